The van der Waals surface area contributed by atoms with Crippen LogP contribution in [0.1, 0.15) is 13.8 Å². The van der Waals surface area contributed by atoms with E-state index in [-0.39, 0.29) is 0 Å². The van der Waals surface area contributed by atoms with Gasteiger partial charge in [0.25, 0.3) is 0 Å². The van der Waals surface area contributed by atoms with Crippen LogP contribution in [0.15, 0.2) is 46.3 Å². The summed E-state index contributed by atoms with van der Waals surface area (Å²) in [5.41, 5.74) is 0.632. The number of aliphatic carboxylic acids is 2. The number of rotatable bonds is 7. The minimum atomic E-state index is -3.28. The van der Waals surface area contributed by atoms with Crippen molar-refractivity contribution in [3.8, 4) is 0 Å². The summed E-state index contributed by atoms with van der Waals surface area (Å²) in [5, 5.41) is 21.5. The normalized spacial score (nSPS) is 13.5. The van der Waals surface area contributed by atoms with Crippen molar-refractivity contribution >= 4 is 33.3 Å². The predicted molar refractivity (Wildman–Crippen MR) is 102 cm³/mol. The van der Waals surface area contributed by atoms with E-state index < -0.39 is 27.0 Å². The van der Waals surface area contributed by atoms with Crippen LogP contribution in [0.2, 0.25) is 0 Å². The number of anilines is 1. The van der Waals surface area contributed by atoms with Gasteiger partial charge < -0.3 is 20.8 Å². The van der Waals surface area contributed by atoms with Crippen molar-refractivity contribution in [1.82, 2.24) is 5.32 Å². The highest BCUT2D eigenvalue weighted by molar-refractivity contribution is 7.92. The molecule has 1 aromatic rings. The number of carboxylic acid groups (broad SMARTS) is 2. The van der Waals surface area contributed by atoms with Crippen LogP contribution in [0.25, 0.3) is 0 Å². The molecule has 0 saturated carbocycles. The number of benzene rings is 1. The molecule has 9 nitrogen and oxygen atoms in total. The molecule has 148 valence electrons. The number of amidine groups is 1. The van der Waals surface area contributed by atoms with Crippen molar-refractivity contribution in [2.75, 3.05) is 25.0 Å². The van der Waals surface area contributed by atoms with Gasteiger partial charge in [0.1, 0.15) is 5.84 Å². The van der Waals surface area contributed by atoms with Crippen molar-refractivity contribution in [3.05, 3.63) is 36.4 Å². The summed E-state index contributed by atoms with van der Waals surface area (Å²) in [7, 11) is -3.28. The molecule has 1 aliphatic heterocycles. The number of hydrogen-bond donors (Lipinski definition) is 4. The molecular formula is C17H23N3O6S. The fourth-order valence-corrected chi connectivity index (χ4v) is 3.22. The Morgan fingerprint density at radius 1 is 1.22 bits per heavy atom. The molecule has 0 spiro atoms. The van der Waals surface area contributed by atoms with Gasteiger partial charge in [-0.2, -0.15) is 0 Å². The largest absolute Gasteiger partial charge is 0.478 e. The quantitative estimate of drug-likeness (QED) is 0.499. The molecule has 1 aromatic carbocycles. The van der Waals surface area contributed by atoms with Crippen molar-refractivity contribution in [1.29, 1.82) is 0 Å². The molecule has 0 aliphatic carbocycles. The van der Waals surface area contributed by atoms with Gasteiger partial charge in [-0.05, 0) is 26.0 Å². The molecule has 4 N–H and O–H groups in total. The second kappa shape index (κ2) is 10.3. The maximum absolute atomic E-state index is 12.3. The molecule has 0 amide bonds. The first kappa shape index (κ1) is 22.2. The van der Waals surface area contributed by atoms with Crippen LogP contribution in [0.5, 0.6) is 0 Å². The maximum Gasteiger partial charge on any atom is 0.328 e. The summed E-state index contributed by atoms with van der Waals surface area (Å²) in [6, 6.07) is 6.99. The van der Waals surface area contributed by atoms with Gasteiger partial charge >= 0.3 is 11.9 Å². The zero-order valence-electron chi connectivity index (χ0n) is 15.0. The van der Waals surface area contributed by atoms with Crippen molar-refractivity contribution < 1.29 is 28.2 Å². The van der Waals surface area contributed by atoms with Crippen molar-refractivity contribution in [2.24, 2.45) is 4.99 Å². The zero-order valence-corrected chi connectivity index (χ0v) is 15.9. The van der Waals surface area contributed by atoms with Gasteiger partial charge in [0.15, 0.2) is 9.84 Å². The molecule has 0 unspecified atom stereocenters. The Hall–Kier alpha value is -2.88. The Labute approximate surface area is 157 Å². The molecule has 0 aromatic heterocycles. The van der Waals surface area contributed by atoms with Gasteiger partial charge in [-0.15, -0.1) is 0 Å². The summed E-state index contributed by atoms with van der Waals surface area (Å²) in [6.07, 6.45) is 1.12. The second-order valence-electron chi connectivity index (χ2n) is 5.71. The summed E-state index contributed by atoms with van der Waals surface area (Å²) < 4.78 is 24.5. The first-order valence-corrected chi connectivity index (χ1v) is 9.67. The summed E-state index contributed by atoms with van der Waals surface area (Å²) in [4.78, 5) is 23.7. The first-order valence-electron chi connectivity index (χ1n) is 8.12. The third-order valence-electron chi connectivity index (χ3n) is 3.37. The number of aliphatic imine (C=N–C) groups is 1. The summed E-state index contributed by atoms with van der Waals surface area (Å²) in [5.74, 6) is -1.64. The topological polar surface area (TPSA) is 145 Å². The van der Waals surface area contributed by atoms with E-state index in [1.165, 1.54) is 0 Å². The van der Waals surface area contributed by atoms with Gasteiger partial charge in [0.2, 0.25) is 0 Å². The van der Waals surface area contributed by atoms with E-state index in [1.54, 1.807) is 32.0 Å². The molecule has 0 fully saturated rings. The van der Waals surface area contributed by atoms with E-state index in [0.717, 1.165) is 18.9 Å². The third kappa shape index (κ3) is 7.48. The fourth-order valence-electron chi connectivity index (χ4n) is 2.00. The number of nitrogens with one attached hydrogen (secondary N) is 2. The Morgan fingerprint density at radius 3 is 2.30 bits per heavy atom. The minimum absolute atomic E-state index is 0.351. The zero-order chi connectivity index (χ0) is 20.4. The van der Waals surface area contributed by atoms with E-state index >= 15 is 0 Å². The second-order valence-corrected chi connectivity index (χ2v) is 8.18. The van der Waals surface area contributed by atoms with Gasteiger partial charge in [0.05, 0.1) is 28.9 Å². The van der Waals surface area contributed by atoms with Crippen LogP contribution >= 0.6 is 0 Å². The highest BCUT2D eigenvalue weighted by Crippen LogP contribution is 2.24. The Morgan fingerprint density at radius 2 is 1.81 bits per heavy atom. The Balaban J connectivity index is 0.000000387. The average Bonchev–Trinajstić information content (AvgIpc) is 3.12. The van der Waals surface area contributed by atoms with Crippen molar-refractivity contribution in [3.63, 3.8) is 0 Å². The van der Waals surface area contributed by atoms with Gasteiger partial charge in [-0.1, -0.05) is 12.1 Å². The number of sulfone groups is 1. The van der Waals surface area contributed by atoms with Crippen LogP contribution in [-0.2, 0) is 19.4 Å². The number of carboxylic acids is 2. The lowest BCUT2D eigenvalue weighted by Crippen LogP contribution is -2.27. The van der Waals surface area contributed by atoms with Crippen LogP contribution in [0.4, 0.5) is 5.69 Å². The molecular weight excluding hydrogens is 374 g/mol. The van der Waals surface area contributed by atoms with Crippen molar-refractivity contribution in [2.45, 2.75) is 24.0 Å². The minimum Gasteiger partial charge on any atom is -0.478 e. The Kier molecular flexibility index (Phi) is 8.46. The van der Waals surface area contributed by atoms with Gasteiger partial charge in [-0.3, -0.25) is 4.99 Å². The fraction of sp³-hybridized carbons (Fsp3) is 0.353. The average molecular weight is 397 g/mol. The maximum atomic E-state index is 12.3. The predicted octanol–water partition coefficient (Wildman–Crippen LogP) is 0.994. The molecule has 1 aliphatic rings. The SMILES string of the molecule is CC(C)S(=O)(=O)c1ccccc1NCC1=NCCN1.O=C(O)/C=C/C(=O)O. The molecule has 0 saturated heterocycles. The number of carbonyl (C=O) groups is 2. The summed E-state index contributed by atoms with van der Waals surface area (Å²) in [6.45, 7) is 5.53. The van der Waals surface area contributed by atoms with Crippen LogP contribution in [0, 0.1) is 0 Å². The van der Waals surface area contributed by atoms with E-state index in [0.29, 0.717) is 29.3 Å². The van der Waals surface area contributed by atoms with E-state index in [4.69, 9.17) is 10.2 Å². The number of hydrogen-bond acceptors (Lipinski definition) is 7. The number of nitrogens with zero attached hydrogens (tertiary/aromatic N) is 1. The van der Waals surface area contributed by atoms with E-state index in [2.05, 4.69) is 15.6 Å². The smallest absolute Gasteiger partial charge is 0.328 e. The molecule has 27 heavy (non-hydrogen) atoms. The van der Waals surface area contributed by atoms with Crippen LogP contribution < -0.4 is 10.6 Å². The molecule has 1 heterocycles. The standard InChI is InChI=1S/C13H19N3O2S.C4H4O4/c1-10(2)19(17,18)12-6-4-3-5-11(12)16-9-13-14-7-8-15-13;5-3(6)1-2-4(7)8/h3-6,10,16H,7-9H2,1-2H3,(H,14,15);1-2H,(H,5,6)(H,7,8)/b;2-1+. The monoisotopic (exact) mass is 397 g/mol. The molecule has 0 bridgehead atoms. The molecule has 0 atom stereocenters. The number of para-hydroxylation sites is 1. The molecule has 0 radical (unpaired) electrons. The van der Waals surface area contributed by atoms with Crippen LogP contribution in [0.3, 0.4) is 0 Å². The lowest BCUT2D eigenvalue weighted by Gasteiger charge is -2.14. The third-order valence-corrected chi connectivity index (χ3v) is 5.58. The van der Waals surface area contributed by atoms with Crippen LogP contribution in [-0.4, -0.2) is 61.3 Å². The highest BCUT2D eigenvalue weighted by atomic mass is 32.2. The highest BCUT2D eigenvalue weighted by Gasteiger charge is 2.22. The Bertz CT molecular complexity index is 815. The van der Waals surface area contributed by atoms with E-state index in [1.807, 2.05) is 6.07 Å². The molecule has 10 heteroatoms. The first-order chi connectivity index (χ1) is 12.6. The van der Waals surface area contributed by atoms with Gasteiger partial charge in [0, 0.05) is 18.7 Å². The summed E-state index contributed by atoms with van der Waals surface area (Å²) >= 11 is 0. The molecule has 2 rings (SSSR count). The lowest BCUT2D eigenvalue weighted by molar-refractivity contribution is -0.134. The van der Waals surface area contributed by atoms with E-state index in [9.17, 15) is 18.0 Å². The lowest BCUT2D eigenvalue weighted by atomic mass is 10.3. The van der Waals surface area contributed by atoms with Gasteiger partial charge in [-0.25, -0.2) is 18.0 Å².